The Morgan fingerprint density at radius 1 is 0.818 bits per heavy atom. The van der Waals surface area contributed by atoms with E-state index in [0.717, 1.165) is 31.7 Å². The summed E-state index contributed by atoms with van der Waals surface area (Å²) in [6.45, 7) is 15.8. The smallest absolute Gasteiger partial charge is 0.196 e. The number of fused-ring (bicyclic) bond motifs is 3. The van der Waals surface area contributed by atoms with Gasteiger partial charge in [0.1, 0.15) is 29.7 Å². The lowest BCUT2D eigenvalue weighted by Crippen LogP contribution is -2.37. The normalized spacial score (nSPS) is 14.3. The second kappa shape index (κ2) is 10.4. The number of nitrogens with two attached hydrogens (primary N) is 1. The molecule has 3 rings (SSSR count). The fraction of sp³-hybridized carbons (Fsp3) is 0.500. The molecule has 180 valence electrons. The lowest BCUT2D eigenvalue weighted by Gasteiger charge is -2.28. The van der Waals surface area contributed by atoms with Gasteiger partial charge in [0.2, 0.25) is 0 Å². The molecule has 0 aromatic heterocycles. The number of ether oxygens (including phenoxy) is 3. The maximum atomic E-state index is 13.5. The number of methoxy groups -OCH3 is 1. The van der Waals surface area contributed by atoms with Gasteiger partial charge in [-0.05, 0) is 46.1 Å². The molecule has 0 radical (unpaired) electrons. The molecule has 2 aromatic rings. The Balaban J connectivity index is 2.10. The highest BCUT2D eigenvalue weighted by atomic mass is 16.5. The third-order valence-electron chi connectivity index (χ3n) is 6.51. The zero-order valence-electron chi connectivity index (χ0n) is 20.9. The van der Waals surface area contributed by atoms with Gasteiger partial charge in [-0.15, -0.1) is 0 Å². The average molecular weight is 456 g/mol. The summed E-state index contributed by atoms with van der Waals surface area (Å²) in [5, 5.41) is 0. The van der Waals surface area contributed by atoms with Crippen molar-refractivity contribution in [3.63, 3.8) is 0 Å². The van der Waals surface area contributed by atoms with E-state index in [1.807, 2.05) is 32.0 Å². The molecule has 2 N–H and O–H groups in total. The molecule has 33 heavy (non-hydrogen) atoms. The van der Waals surface area contributed by atoms with Crippen molar-refractivity contribution in [2.45, 2.75) is 54.0 Å². The Hall–Kier alpha value is -2.77. The molecule has 0 saturated carbocycles. The van der Waals surface area contributed by atoms with Crippen LogP contribution in [0.15, 0.2) is 24.3 Å². The van der Waals surface area contributed by atoms with Crippen molar-refractivity contribution in [1.29, 1.82) is 0 Å². The lowest BCUT2D eigenvalue weighted by atomic mass is 10.0. The van der Waals surface area contributed by atoms with Crippen LogP contribution in [0.1, 0.15) is 57.5 Å². The van der Waals surface area contributed by atoms with Gasteiger partial charge in [-0.25, -0.2) is 0 Å². The molecule has 2 aromatic carbocycles. The number of nitrogen functional groups attached to an aromatic ring is 1. The van der Waals surface area contributed by atoms with E-state index in [9.17, 15) is 4.79 Å². The van der Waals surface area contributed by atoms with E-state index in [0.29, 0.717) is 39.6 Å². The van der Waals surface area contributed by atoms with E-state index in [1.165, 1.54) is 0 Å². The standard InChI is InChI=1S/C26H37N3O4/c1-8-28(9-2)16(5)32-19-14-12-13-18-22(19)23-20(31-7)15-21(25(27)24(23)26(18)30)33-17(6)29(10-3)11-4/h12-17H,8-11,27H2,1-7H3. The molecule has 0 bridgehead atoms. The highest BCUT2D eigenvalue weighted by Gasteiger charge is 2.36. The number of anilines is 1. The van der Waals surface area contributed by atoms with Crippen LogP contribution in [-0.2, 0) is 0 Å². The number of carbonyl (C=O) groups is 1. The van der Waals surface area contributed by atoms with Crippen molar-refractivity contribution in [2.75, 3.05) is 39.0 Å². The molecule has 1 aliphatic carbocycles. The lowest BCUT2D eigenvalue weighted by molar-refractivity contribution is 0.0481. The van der Waals surface area contributed by atoms with E-state index in [2.05, 4.69) is 37.5 Å². The topological polar surface area (TPSA) is 77.3 Å². The minimum Gasteiger partial charge on any atom is -0.496 e. The molecular weight excluding hydrogens is 418 g/mol. The number of carbonyl (C=O) groups excluding carboxylic acids is 1. The first-order valence-electron chi connectivity index (χ1n) is 11.8. The third-order valence-corrected chi connectivity index (χ3v) is 6.51. The van der Waals surface area contributed by atoms with Gasteiger partial charge in [0, 0.05) is 22.8 Å². The first-order valence-corrected chi connectivity index (χ1v) is 11.8. The van der Waals surface area contributed by atoms with Crippen molar-refractivity contribution in [1.82, 2.24) is 9.80 Å². The first-order chi connectivity index (χ1) is 15.8. The maximum absolute atomic E-state index is 13.5. The quantitative estimate of drug-likeness (QED) is 0.334. The summed E-state index contributed by atoms with van der Waals surface area (Å²) in [4.78, 5) is 17.8. The van der Waals surface area contributed by atoms with Crippen LogP contribution < -0.4 is 19.9 Å². The van der Waals surface area contributed by atoms with E-state index in [-0.39, 0.29) is 18.2 Å². The van der Waals surface area contributed by atoms with E-state index in [1.54, 1.807) is 13.2 Å². The fourth-order valence-electron chi connectivity index (χ4n) is 4.60. The molecule has 0 aliphatic heterocycles. The van der Waals surface area contributed by atoms with Gasteiger partial charge in [-0.3, -0.25) is 14.6 Å². The minimum atomic E-state index is -0.197. The van der Waals surface area contributed by atoms with Gasteiger partial charge in [0.25, 0.3) is 0 Å². The second-order valence-electron chi connectivity index (χ2n) is 8.13. The predicted molar refractivity (Wildman–Crippen MR) is 132 cm³/mol. The molecule has 0 heterocycles. The summed E-state index contributed by atoms with van der Waals surface area (Å²) >= 11 is 0. The van der Waals surface area contributed by atoms with Crippen LogP contribution in [0.4, 0.5) is 5.69 Å². The Bertz CT molecular complexity index is 1000. The molecule has 2 unspecified atom stereocenters. The number of hydrogen-bond donors (Lipinski definition) is 1. The molecule has 0 saturated heterocycles. The summed E-state index contributed by atoms with van der Waals surface area (Å²) in [5.41, 5.74) is 9.23. The number of nitrogens with zero attached hydrogens (tertiary/aromatic N) is 2. The zero-order valence-corrected chi connectivity index (χ0v) is 20.9. The average Bonchev–Trinajstić information content (AvgIpc) is 3.11. The molecule has 7 heteroatoms. The summed E-state index contributed by atoms with van der Waals surface area (Å²) < 4.78 is 18.3. The van der Waals surface area contributed by atoms with Gasteiger partial charge < -0.3 is 19.9 Å². The SMILES string of the molecule is CCN(CC)C(C)Oc1cc(OC)c2c(c1N)C(=O)c1cccc(OC(C)N(CC)CC)c1-2. The van der Waals surface area contributed by atoms with Gasteiger partial charge >= 0.3 is 0 Å². The van der Waals surface area contributed by atoms with Crippen LogP contribution in [0, 0.1) is 0 Å². The fourth-order valence-corrected chi connectivity index (χ4v) is 4.60. The van der Waals surface area contributed by atoms with Crippen molar-refractivity contribution in [3.8, 4) is 28.4 Å². The van der Waals surface area contributed by atoms with Crippen LogP contribution in [0.5, 0.6) is 17.2 Å². The molecule has 0 spiro atoms. The van der Waals surface area contributed by atoms with Crippen LogP contribution in [0.25, 0.3) is 11.1 Å². The number of hydrogen-bond acceptors (Lipinski definition) is 7. The van der Waals surface area contributed by atoms with E-state index in [4.69, 9.17) is 19.9 Å². The second-order valence-corrected chi connectivity index (χ2v) is 8.13. The van der Waals surface area contributed by atoms with Crippen LogP contribution in [-0.4, -0.2) is 61.3 Å². The number of rotatable bonds is 11. The van der Waals surface area contributed by atoms with Crippen LogP contribution in [0.3, 0.4) is 0 Å². The molecule has 1 aliphatic rings. The third kappa shape index (κ3) is 4.52. The van der Waals surface area contributed by atoms with Crippen molar-refractivity contribution < 1.29 is 19.0 Å². The Morgan fingerprint density at radius 2 is 1.36 bits per heavy atom. The van der Waals surface area contributed by atoms with Gasteiger partial charge in [0.05, 0.1) is 18.4 Å². The highest BCUT2D eigenvalue weighted by Crippen LogP contribution is 2.52. The summed E-state index contributed by atoms with van der Waals surface area (Å²) in [5.74, 6) is 1.49. The monoisotopic (exact) mass is 455 g/mol. The zero-order chi connectivity index (χ0) is 24.3. The molecule has 7 nitrogen and oxygen atoms in total. The van der Waals surface area contributed by atoms with Gasteiger partial charge in [0.15, 0.2) is 5.78 Å². The predicted octanol–water partition coefficient (Wildman–Crippen LogP) is 4.62. The molecule has 0 amide bonds. The number of benzene rings is 2. The van der Waals surface area contributed by atoms with Crippen molar-refractivity contribution in [3.05, 3.63) is 35.4 Å². The summed E-state index contributed by atoms with van der Waals surface area (Å²) in [7, 11) is 1.59. The maximum Gasteiger partial charge on any atom is 0.196 e. The van der Waals surface area contributed by atoms with Crippen LogP contribution in [0.2, 0.25) is 0 Å². The van der Waals surface area contributed by atoms with Crippen molar-refractivity contribution >= 4 is 11.5 Å². The van der Waals surface area contributed by atoms with E-state index >= 15 is 0 Å². The van der Waals surface area contributed by atoms with Gasteiger partial charge in [-0.1, -0.05) is 39.8 Å². The minimum absolute atomic E-state index is 0.141. The number of ketones is 1. The Morgan fingerprint density at radius 3 is 1.88 bits per heavy atom. The highest BCUT2D eigenvalue weighted by molar-refractivity contribution is 6.26. The molecular formula is C26H37N3O4. The first kappa shape index (κ1) is 24.9. The van der Waals surface area contributed by atoms with Crippen molar-refractivity contribution in [2.24, 2.45) is 0 Å². The summed E-state index contributed by atoms with van der Waals surface area (Å²) in [6, 6.07) is 7.32. The van der Waals surface area contributed by atoms with Gasteiger partial charge in [-0.2, -0.15) is 0 Å². The largest absolute Gasteiger partial charge is 0.496 e. The Labute approximate surface area is 197 Å². The summed E-state index contributed by atoms with van der Waals surface area (Å²) in [6.07, 6.45) is -0.343. The molecule has 0 fully saturated rings. The Kier molecular flexibility index (Phi) is 7.87. The van der Waals surface area contributed by atoms with Crippen LogP contribution >= 0.6 is 0 Å². The van der Waals surface area contributed by atoms with E-state index < -0.39 is 0 Å². The molecule has 2 atom stereocenters.